The number of hydrogen-bond acceptors (Lipinski definition) is 6. The van der Waals surface area contributed by atoms with Crippen molar-refractivity contribution < 1.29 is 27.4 Å². The second kappa shape index (κ2) is 9.80. The first-order valence-electron chi connectivity index (χ1n) is 11.4. The molecule has 3 aromatic heterocycles. The van der Waals surface area contributed by atoms with E-state index in [2.05, 4.69) is 25.7 Å². The fourth-order valence-electron chi connectivity index (χ4n) is 3.82. The first-order valence-corrected chi connectivity index (χ1v) is 11.4. The number of rotatable bonds is 5. The molecule has 190 valence electrons. The van der Waals surface area contributed by atoms with Gasteiger partial charge < -0.3 is 14.8 Å². The van der Waals surface area contributed by atoms with Crippen LogP contribution in [0.4, 0.5) is 23.8 Å². The molecule has 0 saturated carbocycles. The van der Waals surface area contributed by atoms with Crippen molar-refractivity contribution >= 4 is 11.8 Å². The number of nitrogens with one attached hydrogen (secondary N) is 2. The number of amides is 2. The van der Waals surface area contributed by atoms with Crippen LogP contribution in [-0.2, 0) is 6.18 Å². The third kappa shape index (κ3) is 5.17. The molecular formula is C25H21F3N6O3. The zero-order chi connectivity index (χ0) is 26.0. The van der Waals surface area contributed by atoms with Gasteiger partial charge in [-0.05, 0) is 36.8 Å². The Labute approximate surface area is 209 Å². The van der Waals surface area contributed by atoms with Crippen LogP contribution in [0.1, 0.15) is 12.6 Å². The molecule has 1 aliphatic rings. The van der Waals surface area contributed by atoms with E-state index < -0.39 is 17.9 Å². The van der Waals surface area contributed by atoms with Gasteiger partial charge in [-0.25, -0.2) is 14.5 Å². The summed E-state index contributed by atoms with van der Waals surface area (Å²) in [5.41, 5.74) is 1.85. The summed E-state index contributed by atoms with van der Waals surface area (Å²) in [4.78, 5) is 20.6. The molecule has 0 radical (unpaired) electrons. The molecule has 0 saturated heterocycles. The Hall–Kier alpha value is -4.61. The third-order valence-corrected chi connectivity index (χ3v) is 5.51. The standard InChI is InChI=1S/C25H21F3N6O3/c1-2-30-24(35)32-23-11-19(34-6-5-22(33-34)25(26,27)28)18(14-31-23)17-9-16(12-29-13-17)15-3-4-20-21(10-15)37-8-7-36-20/h3-6,9-14H,2,7-8H2,1H3,(H2,30,31,32,35). The fourth-order valence-corrected chi connectivity index (χ4v) is 3.82. The maximum absolute atomic E-state index is 13.3. The molecule has 4 heterocycles. The minimum Gasteiger partial charge on any atom is -0.486 e. The van der Waals surface area contributed by atoms with E-state index in [9.17, 15) is 18.0 Å². The van der Waals surface area contributed by atoms with Crippen molar-refractivity contribution in [1.29, 1.82) is 0 Å². The van der Waals surface area contributed by atoms with Crippen molar-refractivity contribution in [3.8, 4) is 39.4 Å². The summed E-state index contributed by atoms with van der Waals surface area (Å²) < 4.78 is 52.1. The van der Waals surface area contributed by atoms with E-state index in [1.807, 2.05) is 24.3 Å². The largest absolute Gasteiger partial charge is 0.486 e. The minimum absolute atomic E-state index is 0.143. The molecule has 2 N–H and O–H groups in total. The number of hydrogen-bond donors (Lipinski definition) is 2. The quantitative estimate of drug-likeness (QED) is 0.395. The molecule has 1 aliphatic heterocycles. The van der Waals surface area contributed by atoms with E-state index >= 15 is 0 Å². The zero-order valence-electron chi connectivity index (χ0n) is 19.5. The van der Waals surface area contributed by atoms with Crippen LogP contribution in [0.25, 0.3) is 27.9 Å². The van der Waals surface area contributed by atoms with Gasteiger partial charge in [0.2, 0.25) is 0 Å². The predicted molar refractivity (Wildman–Crippen MR) is 129 cm³/mol. The van der Waals surface area contributed by atoms with E-state index in [1.165, 1.54) is 18.5 Å². The van der Waals surface area contributed by atoms with E-state index in [0.717, 1.165) is 21.9 Å². The van der Waals surface area contributed by atoms with Gasteiger partial charge in [-0.2, -0.15) is 18.3 Å². The maximum Gasteiger partial charge on any atom is 0.435 e. The first-order chi connectivity index (χ1) is 17.8. The van der Waals surface area contributed by atoms with Gasteiger partial charge in [0.15, 0.2) is 17.2 Å². The molecule has 2 amide bonds. The molecular weight excluding hydrogens is 489 g/mol. The van der Waals surface area contributed by atoms with Crippen molar-refractivity contribution in [1.82, 2.24) is 25.1 Å². The Morgan fingerprint density at radius 1 is 1.00 bits per heavy atom. The van der Waals surface area contributed by atoms with Crippen LogP contribution in [0.2, 0.25) is 0 Å². The molecule has 0 fully saturated rings. The molecule has 12 heteroatoms. The highest BCUT2D eigenvalue weighted by Crippen LogP contribution is 2.36. The number of nitrogens with zero attached hydrogens (tertiary/aromatic N) is 4. The average Bonchev–Trinajstić information content (AvgIpc) is 3.40. The van der Waals surface area contributed by atoms with Gasteiger partial charge in [0.05, 0.1) is 5.69 Å². The molecule has 4 aromatic rings. The van der Waals surface area contributed by atoms with Crippen molar-refractivity contribution in [2.24, 2.45) is 0 Å². The number of fused-ring (bicyclic) bond motifs is 1. The lowest BCUT2D eigenvalue weighted by molar-refractivity contribution is -0.141. The Balaban J connectivity index is 1.57. The van der Waals surface area contributed by atoms with Gasteiger partial charge >= 0.3 is 12.2 Å². The van der Waals surface area contributed by atoms with Crippen molar-refractivity contribution in [2.75, 3.05) is 25.1 Å². The third-order valence-electron chi connectivity index (χ3n) is 5.51. The summed E-state index contributed by atoms with van der Waals surface area (Å²) in [6, 6.07) is 9.21. The van der Waals surface area contributed by atoms with Gasteiger partial charge in [0.1, 0.15) is 19.0 Å². The lowest BCUT2D eigenvalue weighted by atomic mass is 10.0. The second-order valence-corrected chi connectivity index (χ2v) is 8.04. The van der Waals surface area contributed by atoms with Crippen LogP contribution in [0, 0.1) is 0 Å². The number of carbonyl (C=O) groups excluding carboxylic acids is 1. The number of benzene rings is 1. The van der Waals surface area contributed by atoms with Crippen molar-refractivity contribution in [2.45, 2.75) is 13.1 Å². The first kappa shape index (κ1) is 24.1. The SMILES string of the molecule is CCNC(=O)Nc1cc(-n2ccc(C(F)(F)F)n2)c(-c2cncc(-c3ccc4c(c3)OCCO4)c2)cn1. The average molecular weight is 510 g/mol. The molecule has 0 atom stereocenters. The van der Waals surface area contributed by atoms with Crippen LogP contribution in [-0.4, -0.2) is 45.5 Å². The number of aromatic nitrogens is 4. The van der Waals surface area contributed by atoms with Crippen LogP contribution >= 0.6 is 0 Å². The number of urea groups is 1. The topological polar surface area (TPSA) is 103 Å². The highest BCUT2D eigenvalue weighted by atomic mass is 19.4. The van der Waals surface area contributed by atoms with Gasteiger partial charge in [-0.1, -0.05) is 6.07 Å². The summed E-state index contributed by atoms with van der Waals surface area (Å²) in [6.45, 7) is 3.08. The minimum atomic E-state index is -4.61. The Bertz CT molecular complexity index is 1450. The number of halogens is 3. The lowest BCUT2D eigenvalue weighted by Gasteiger charge is -2.19. The summed E-state index contributed by atoms with van der Waals surface area (Å²) in [5, 5.41) is 8.86. The van der Waals surface area contributed by atoms with E-state index in [0.29, 0.717) is 42.4 Å². The van der Waals surface area contributed by atoms with E-state index in [1.54, 1.807) is 19.3 Å². The van der Waals surface area contributed by atoms with Crippen LogP contribution < -0.4 is 20.1 Å². The summed E-state index contributed by atoms with van der Waals surface area (Å²) in [6.07, 6.45) is 1.29. The van der Waals surface area contributed by atoms with Gasteiger partial charge in [0, 0.05) is 54.1 Å². The van der Waals surface area contributed by atoms with Gasteiger partial charge in [-0.3, -0.25) is 10.3 Å². The summed E-state index contributed by atoms with van der Waals surface area (Å²) in [7, 11) is 0. The smallest absolute Gasteiger partial charge is 0.435 e. The molecule has 0 spiro atoms. The monoisotopic (exact) mass is 510 g/mol. The number of ether oxygens (including phenoxy) is 2. The molecule has 37 heavy (non-hydrogen) atoms. The second-order valence-electron chi connectivity index (χ2n) is 8.04. The van der Waals surface area contributed by atoms with Crippen LogP contribution in [0.5, 0.6) is 11.5 Å². The molecule has 1 aromatic carbocycles. The zero-order valence-corrected chi connectivity index (χ0v) is 19.5. The van der Waals surface area contributed by atoms with Crippen molar-refractivity contribution in [3.63, 3.8) is 0 Å². The number of anilines is 1. The molecule has 9 nitrogen and oxygen atoms in total. The van der Waals surface area contributed by atoms with Gasteiger partial charge in [0.25, 0.3) is 0 Å². The van der Waals surface area contributed by atoms with Crippen LogP contribution in [0.3, 0.4) is 0 Å². The molecule has 0 unspecified atom stereocenters. The Kier molecular flexibility index (Phi) is 6.38. The lowest BCUT2D eigenvalue weighted by Crippen LogP contribution is -2.28. The highest BCUT2D eigenvalue weighted by molar-refractivity contribution is 5.89. The predicted octanol–water partition coefficient (Wildman–Crippen LogP) is 4.93. The Morgan fingerprint density at radius 3 is 2.54 bits per heavy atom. The molecule has 5 rings (SSSR count). The number of pyridine rings is 2. The molecule has 0 aliphatic carbocycles. The highest BCUT2D eigenvalue weighted by Gasteiger charge is 2.34. The summed E-state index contributed by atoms with van der Waals surface area (Å²) >= 11 is 0. The van der Waals surface area contributed by atoms with E-state index in [4.69, 9.17) is 9.47 Å². The number of alkyl halides is 3. The van der Waals surface area contributed by atoms with Crippen LogP contribution in [0.15, 0.2) is 61.2 Å². The maximum atomic E-state index is 13.3. The summed E-state index contributed by atoms with van der Waals surface area (Å²) in [5.74, 6) is 1.41. The fraction of sp³-hybridized carbons (Fsp3) is 0.200. The van der Waals surface area contributed by atoms with Crippen molar-refractivity contribution in [3.05, 3.63) is 66.9 Å². The normalized spacial score (nSPS) is 12.8. The van der Waals surface area contributed by atoms with Gasteiger partial charge in [-0.15, -0.1) is 0 Å². The Morgan fingerprint density at radius 2 is 1.78 bits per heavy atom. The van der Waals surface area contributed by atoms with E-state index in [-0.39, 0.29) is 11.5 Å². The molecule has 0 bridgehead atoms. The number of carbonyl (C=O) groups is 1.